The van der Waals surface area contributed by atoms with E-state index >= 15 is 0 Å². The number of ether oxygens (including phenoxy) is 1. The molecule has 1 amide bonds. The van der Waals surface area contributed by atoms with E-state index in [-0.39, 0.29) is 11.9 Å². The van der Waals surface area contributed by atoms with Gasteiger partial charge < -0.3 is 19.5 Å². The lowest BCUT2D eigenvalue weighted by Gasteiger charge is -2.33. The average molecular weight is 580 g/mol. The lowest BCUT2D eigenvalue weighted by molar-refractivity contribution is -0.123. The third-order valence-electron chi connectivity index (χ3n) is 8.67. The first-order valence-corrected chi connectivity index (χ1v) is 15.0. The van der Waals surface area contributed by atoms with Crippen molar-refractivity contribution < 1.29 is 9.53 Å². The summed E-state index contributed by atoms with van der Waals surface area (Å²) in [5.74, 6) is 0.377. The van der Waals surface area contributed by atoms with Crippen molar-refractivity contribution in [1.29, 1.82) is 0 Å². The number of pyridine rings is 1. The molecule has 1 aliphatic rings. The molecule has 43 heavy (non-hydrogen) atoms. The number of carbonyl (C=O) groups excluding carboxylic acids is 1. The molecule has 1 N–H and O–H groups in total. The highest BCUT2D eigenvalue weighted by molar-refractivity contribution is 6.07. The maximum atomic E-state index is 12.8. The average Bonchev–Trinajstić information content (AvgIpc) is 3.48. The van der Waals surface area contributed by atoms with Crippen LogP contribution < -0.4 is 5.32 Å². The lowest BCUT2D eigenvalue weighted by Crippen LogP contribution is -2.44. The predicted molar refractivity (Wildman–Crippen MR) is 170 cm³/mol. The molecular formula is C34H41N7O2. The smallest absolute Gasteiger partial charge is 0.234 e. The normalized spacial score (nSPS) is 15.4. The summed E-state index contributed by atoms with van der Waals surface area (Å²) in [4.78, 5) is 19.8. The Morgan fingerprint density at radius 3 is 2.51 bits per heavy atom. The number of hydrogen-bond donors (Lipinski definition) is 1. The Balaban J connectivity index is 1.61. The SMILES string of the molecule is Cc1nnn(C)c1-c1cnc2c3ccc(C(C)(C)NC(=O)CN(C)C)cc3n(C(c3ccccc3)C3CCOCC3)c2c1. The molecule has 0 saturated carbocycles. The van der Waals surface area contributed by atoms with Crippen LogP contribution in [0.15, 0.2) is 60.8 Å². The van der Waals surface area contributed by atoms with Gasteiger partial charge in [0.05, 0.1) is 46.1 Å². The van der Waals surface area contributed by atoms with Crippen molar-refractivity contribution in [1.82, 2.24) is 34.8 Å². The zero-order chi connectivity index (χ0) is 30.3. The van der Waals surface area contributed by atoms with Crippen LogP contribution in [0.2, 0.25) is 0 Å². The minimum atomic E-state index is -0.570. The second kappa shape index (κ2) is 11.5. The van der Waals surface area contributed by atoms with Gasteiger partial charge in [0.15, 0.2) is 0 Å². The third kappa shape index (κ3) is 5.55. The minimum Gasteiger partial charge on any atom is -0.381 e. The highest BCUT2D eigenvalue weighted by atomic mass is 16.5. The zero-order valence-corrected chi connectivity index (χ0v) is 26.0. The van der Waals surface area contributed by atoms with Gasteiger partial charge in [0, 0.05) is 37.4 Å². The van der Waals surface area contributed by atoms with Gasteiger partial charge in [-0.15, -0.1) is 5.10 Å². The number of nitrogens with zero attached hydrogens (tertiary/aromatic N) is 6. The van der Waals surface area contributed by atoms with Crippen molar-refractivity contribution >= 4 is 27.8 Å². The van der Waals surface area contributed by atoms with Gasteiger partial charge >= 0.3 is 0 Å². The summed E-state index contributed by atoms with van der Waals surface area (Å²) in [6.45, 7) is 7.96. The summed E-state index contributed by atoms with van der Waals surface area (Å²) in [7, 11) is 5.73. The van der Waals surface area contributed by atoms with Crippen molar-refractivity contribution in [2.45, 2.75) is 45.2 Å². The summed E-state index contributed by atoms with van der Waals surface area (Å²) in [5.41, 5.74) is 7.68. The predicted octanol–water partition coefficient (Wildman–Crippen LogP) is 5.22. The monoisotopic (exact) mass is 579 g/mol. The highest BCUT2D eigenvalue weighted by Gasteiger charge is 2.31. The van der Waals surface area contributed by atoms with Gasteiger partial charge in [0.1, 0.15) is 0 Å². The van der Waals surface area contributed by atoms with Gasteiger partial charge in [-0.1, -0.05) is 47.7 Å². The quantitative estimate of drug-likeness (QED) is 0.271. The van der Waals surface area contributed by atoms with E-state index in [1.165, 1.54) is 5.56 Å². The van der Waals surface area contributed by atoms with Crippen LogP contribution in [0.4, 0.5) is 0 Å². The summed E-state index contributed by atoms with van der Waals surface area (Å²) < 4.78 is 10.1. The van der Waals surface area contributed by atoms with E-state index in [4.69, 9.17) is 9.72 Å². The molecule has 224 valence electrons. The number of fused-ring (bicyclic) bond motifs is 3. The molecule has 0 radical (unpaired) electrons. The molecule has 1 atom stereocenters. The maximum absolute atomic E-state index is 12.8. The van der Waals surface area contributed by atoms with Crippen LogP contribution in [0.1, 0.15) is 49.6 Å². The van der Waals surface area contributed by atoms with Crippen LogP contribution in [0.25, 0.3) is 33.2 Å². The standard InChI is InChI=1S/C34H41N7O2/c1-22-32(40(6)38-37-22)25-18-29-31(35-20-25)27-13-12-26(34(2,3)36-30(42)21-39(4)5)19-28(27)41(29)33(23-10-8-7-9-11-23)24-14-16-43-17-15-24/h7-13,18-20,24,33H,14-17,21H2,1-6H3,(H,36,42). The Hall–Kier alpha value is -4.08. The summed E-state index contributed by atoms with van der Waals surface area (Å²) in [6.07, 6.45) is 3.89. The Labute approximate surface area is 252 Å². The number of benzene rings is 2. The van der Waals surface area contributed by atoms with E-state index in [9.17, 15) is 4.79 Å². The maximum Gasteiger partial charge on any atom is 0.234 e. The van der Waals surface area contributed by atoms with Gasteiger partial charge in [-0.3, -0.25) is 9.78 Å². The Bertz CT molecular complexity index is 1740. The molecule has 1 aliphatic heterocycles. The van der Waals surface area contributed by atoms with Crippen molar-refractivity contribution in [2.24, 2.45) is 13.0 Å². The van der Waals surface area contributed by atoms with Gasteiger partial charge in [-0.2, -0.15) is 0 Å². The van der Waals surface area contributed by atoms with Crippen LogP contribution in [0, 0.1) is 12.8 Å². The number of carbonyl (C=O) groups is 1. The van der Waals surface area contributed by atoms with Crippen LogP contribution >= 0.6 is 0 Å². The molecule has 6 rings (SSSR count). The van der Waals surface area contributed by atoms with Crippen LogP contribution in [0.3, 0.4) is 0 Å². The summed E-state index contributed by atoms with van der Waals surface area (Å²) in [5, 5.41) is 12.9. The topological polar surface area (TPSA) is 90.1 Å². The van der Waals surface area contributed by atoms with E-state index in [1.54, 1.807) is 0 Å². The van der Waals surface area contributed by atoms with E-state index in [0.29, 0.717) is 12.5 Å². The molecular weight excluding hydrogens is 538 g/mol. The Kier molecular flexibility index (Phi) is 7.79. The largest absolute Gasteiger partial charge is 0.381 e. The number of aromatic nitrogens is 5. The number of amides is 1. The molecule has 0 bridgehead atoms. The highest BCUT2D eigenvalue weighted by Crippen LogP contribution is 2.42. The fourth-order valence-corrected chi connectivity index (χ4v) is 6.64. The molecule has 5 aromatic rings. The molecule has 0 spiro atoms. The van der Waals surface area contributed by atoms with Gasteiger partial charge in [0.25, 0.3) is 0 Å². The molecule has 4 heterocycles. The Morgan fingerprint density at radius 1 is 1.09 bits per heavy atom. The first-order valence-electron chi connectivity index (χ1n) is 15.0. The zero-order valence-electron chi connectivity index (χ0n) is 26.0. The fourth-order valence-electron chi connectivity index (χ4n) is 6.64. The molecule has 1 unspecified atom stereocenters. The van der Waals surface area contributed by atoms with Crippen molar-refractivity contribution in [2.75, 3.05) is 33.9 Å². The van der Waals surface area contributed by atoms with Gasteiger partial charge in [-0.05, 0) is 76.9 Å². The lowest BCUT2D eigenvalue weighted by atomic mass is 9.86. The number of likely N-dealkylation sites (N-methyl/N-ethyl adjacent to an activating group) is 1. The second-order valence-electron chi connectivity index (χ2n) is 12.6. The molecule has 3 aromatic heterocycles. The Morgan fingerprint density at radius 2 is 1.84 bits per heavy atom. The summed E-state index contributed by atoms with van der Waals surface area (Å²) in [6, 6.07) is 19.7. The molecule has 0 aliphatic carbocycles. The second-order valence-corrected chi connectivity index (χ2v) is 12.6. The number of rotatable bonds is 8. The number of nitrogens with one attached hydrogen (secondary N) is 1. The molecule has 2 aromatic carbocycles. The molecule has 1 saturated heterocycles. The number of aryl methyl sites for hydroxylation is 2. The van der Waals surface area contributed by atoms with E-state index in [2.05, 4.69) is 88.6 Å². The first kappa shape index (κ1) is 29.0. The van der Waals surface area contributed by atoms with Gasteiger partial charge in [-0.25, -0.2) is 4.68 Å². The van der Waals surface area contributed by atoms with Crippen LogP contribution in [-0.2, 0) is 22.1 Å². The van der Waals surface area contributed by atoms with Crippen LogP contribution in [-0.4, -0.2) is 69.2 Å². The van der Waals surface area contributed by atoms with E-state index in [1.807, 2.05) is 43.8 Å². The number of hydrogen-bond acceptors (Lipinski definition) is 6. The van der Waals surface area contributed by atoms with Crippen molar-refractivity contribution in [3.8, 4) is 11.3 Å². The summed E-state index contributed by atoms with van der Waals surface area (Å²) >= 11 is 0. The fraction of sp³-hybridized carbons (Fsp3) is 0.412. The van der Waals surface area contributed by atoms with Crippen molar-refractivity contribution in [3.63, 3.8) is 0 Å². The third-order valence-corrected chi connectivity index (χ3v) is 8.67. The molecule has 1 fully saturated rings. The van der Waals surface area contributed by atoms with Crippen molar-refractivity contribution in [3.05, 3.63) is 77.6 Å². The van der Waals surface area contributed by atoms with Crippen LogP contribution in [0.5, 0.6) is 0 Å². The van der Waals surface area contributed by atoms with E-state index < -0.39 is 5.54 Å². The van der Waals surface area contributed by atoms with E-state index in [0.717, 1.165) is 70.5 Å². The van der Waals surface area contributed by atoms with Gasteiger partial charge in [0.2, 0.25) is 5.91 Å². The molecule has 9 nitrogen and oxygen atoms in total. The first-order chi connectivity index (χ1) is 20.6. The molecule has 9 heteroatoms. The minimum absolute atomic E-state index is 0.00790.